The summed E-state index contributed by atoms with van der Waals surface area (Å²) >= 11 is 6.60. The first-order valence-electron chi connectivity index (χ1n) is 20.1. The van der Waals surface area contributed by atoms with Crippen molar-refractivity contribution in [1.82, 2.24) is 63.3 Å². The van der Waals surface area contributed by atoms with Gasteiger partial charge in [-0.2, -0.15) is 24.0 Å². The number of nitrogens with zero attached hydrogens (tertiary/aromatic N) is 15. The van der Waals surface area contributed by atoms with Crippen molar-refractivity contribution < 1.29 is 14.7 Å². The maximum Gasteiger partial charge on any atom is 0.432 e. The molecule has 0 radical (unpaired) electrons. The number of hydrogen-bond donors (Lipinski definition) is 5. The molecule has 5 N–H and O–H groups in total. The Morgan fingerprint density at radius 2 is 1.14 bits per heavy atom. The number of anilines is 4. The smallest absolute Gasteiger partial charge is 0.354 e. The molecule has 0 saturated carbocycles. The van der Waals surface area contributed by atoms with E-state index >= 15 is 0 Å². The number of rotatable bonds is 17. The number of hydrogen-bond acceptors (Lipinski definition) is 17. The van der Waals surface area contributed by atoms with Crippen molar-refractivity contribution in [3.8, 4) is 0 Å². The van der Waals surface area contributed by atoms with Crippen LogP contribution in [0.25, 0.3) is 11.6 Å². The Labute approximate surface area is 356 Å². The van der Waals surface area contributed by atoms with Crippen molar-refractivity contribution >= 4 is 82.4 Å². The second-order valence-corrected chi connectivity index (χ2v) is 16.8. The third-order valence-electron chi connectivity index (χ3n) is 8.02. The number of fused-ring (bicyclic) bond motifs is 3. The lowest BCUT2D eigenvalue weighted by Crippen LogP contribution is -2.78. The standard InChI is InChI=1S/C18H30N10S2.C16H26N10S2/c1-7-19-13-21-15-25(9-3)28-16(22-14(20-8-2)24-18(28)30-12-6)26(10-4)27(15)17(23-13)29-11-5;1-5-17-11-20-14(24-15(21-11)27-7-3)25-10-9-19-13-23-16(28-8-4)22-12(18-6-2)26(13)25/h7-12H2,1-6H3;5-10H2,1-4H3,(H2,17,18,19,20,21,22,23,24)/p+3. The maximum absolute atomic E-state index is 4.87. The van der Waals surface area contributed by atoms with Gasteiger partial charge in [0.2, 0.25) is 5.95 Å². The molecule has 0 atom stereocenters. The van der Waals surface area contributed by atoms with E-state index in [0.717, 1.165) is 102 Å². The van der Waals surface area contributed by atoms with Gasteiger partial charge in [0.15, 0.2) is 5.16 Å². The summed E-state index contributed by atoms with van der Waals surface area (Å²) in [6, 6.07) is 0. The van der Waals surface area contributed by atoms with E-state index in [1.165, 1.54) is 0 Å². The highest BCUT2D eigenvalue weighted by Crippen LogP contribution is 2.22. The quantitative estimate of drug-likeness (QED) is 0.0472. The van der Waals surface area contributed by atoms with Gasteiger partial charge in [-0.3, -0.25) is 9.98 Å². The Morgan fingerprint density at radius 1 is 0.603 bits per heavy atom. The minimum atomic E-state index is 0.577. The van der Waals surface area contributed by atoms with Crippen LogP contribution < -0.4 is 46.9 Å². The summed E-state index contributed by atoms with van der Waals surface area (Å²) in [7, 11) is 0. The van der Waals surface area contributed by atoms with Crippen molar-refractivity contribution in [2.24, 2.45) is 0 Å². The van der Waals surface area contributed by atoms with E-state index in [4.69, 9.17) is 19.9 Å². The van der Waals surface area contributed by atoms with Crippen LogP contribution in [-0.4, -0.2) is 126 Å². The molecule has 0 amide bonds. The zero-order valence-electron chi connectivity index (χ0n) is 35.3. The Kier molecular flexibility index (Phi) is 17.3. The Balaban J connectivity index is 0.000000221. The molecule has 0 spiro atoms. The van der Waals surface area contributed by atoms with E-state index in [1.807, 2.05) is 23.5 Å². The molecule has 1 aliphatic heterocycles. The lowest BCUT2D eigenvalue weighted by atomic mass is 10.5. The molecule has 0 aliphatic carbocycles. The van der Waals surface area contributed by atoms with Gasteiger partial charge in [-0.05, 0) is 84.5 Å². The molecular weight excluding hydrogens is 817 g/mol. The second kappa shape index (κ2) is 22.3. The fourth-order valence-electron chi connectivity index (χ4n) is 5.87. The van der Waals surface area contributed by atoms with Gasteiger partial charge in [-0.1, -0.05) is 84.7 Å². The monoisotopic (exact) mass is 875 g/mol. The van der Waals surface area contributed by atoms with Crippen molar-refractivity contribution in [2.45, 2.75) is 103 Å². The molecule has 24 heteroatoms. The molecule has 5 aromatic heterocycles. The summed E-state index contributed by atoms with van der Waals surface area (Å²) in [6.45, 7) is 26.7. The molecule has 58 heavy (non-hydrogen) atoms. The van der Waals surface area contributed by atoms with Crippen LogP contribution in [0.2, 0.25) is 0 Å². The predicted octanol–water partition coefficient (Wildman–Crippen LogP) is -0.0647. The average Bonchev–Trinajstić information content (AvgIpc) is 3.21. The van der Waals surface area contributed by atoms with Crippen LogP contribution >= 0.6 is 47.0 Å². The highest BCUT2D eigenvalue weighted by atomic mass is 32.2. The van der Waals surface area contributed by atoms with Crippen LogP contribution in [0.1, 0.15) is 69.2 Å². The van der Waals surface area contributed by atoms with Crippen molar-refractivity contribution in [3.05, 3.63) is 11.2 Å². The van der Waals surface area contributed by atoms with Crippen LogP contribution in [-0.2, 0) is 13.1 Å². The van der Waals surface area contributed by atoms with E-state index < -0.39 is 0 Å². The lowest BCUT2D eigenvalue weighted by Gasteiger charge is -2.28. The highest BCUT2D eigenvalue weighted by molar-refractivity contribution is 7.99. The van der Waals surface area contributed by atoms with Crippen LogP contribution in [0.4, 0.5) is 23.8 Å². The van der Waals surface area contributed by atoms with E-state index in [9.17, 15) is 0 Å². The summed E-state index contributed by atoms with van der Waals surface area (Å²) < 4.78 is 10.3. The third kappa shape index (κ3) is 10.3. The van der Waals surface area contributed by atoms with Gasteiger partial charge in [-0.15, -0.1) is 4.68 Å². The topological polar surface area (TPSA) is 206 Å². The number of aryl methyl sites for hydroxylation is 2. The molecule has 6 rings (SSSR count). The molecule has 0 aromatic carbocycles. The normalized spacial score (nSPS) is 13.1. The second-order valence-electron chi connectivity index (χ2n) is 11.9. The summed E-state index contributed by atoms with van der Waals surface area (Å²) in [5.41, 5.74) is 1.27. The van der Waals surface area contributed by atoms with Gasteiger partial charge in [0.25, 0.3) is 21.4 Å². The average molecular weight is 876 g/mol. The SMILES string of the molecule is CCNc1nc(SCC)nc(N2CCNc3nc(SCC)nc(NCC)[n+]32)n1.CC[NH+]=c1nc(SCC)n2c(n1)n(CC)n1c(SCC)nc(=[NH+]CC)nc1n2CC. The van der Waals surface area contributed by atoms with Gasteiger partial charge in [-0.25, -0.2) is 14.4 Å². The minimum Gasteiger partial charge on any atom is -0.354 e. The van der Waals surface area contributed by atoms with Crippen LogP contribution in [0.5, 0.6) is 0 Å². The van der Waals surface area contributed by atoms with Crippen LogP contribution in [0, 0.1) is 0 Å². The lowest BCUT2D eigenvalue weighted by molar-refractivity contribution is -0.665. The fourth-order valence-corrected chi connectivity index (χ4v) is 8.41. The molecule has 0 unspecified atom stereocenters. The number of aromatic nitrogens is 14. The van der Waals surface area contributed by atoms with Gasteiger partial charge in [0.1, 0.15) is 0 Å². The molecule has 5 aromatic rings. The molecule has 6 heterocycles. The predicted molar refractivity (Wildman–Crippen MR) is 232 cm³/mol. The summed E-state index contributed by atoms with van der Waals surface area (Å²) in [5.74, 6) is 7.83. The number of thioether (sulfide) groups is 4. The van der Waals surface area contributed by atoms with Crippen molar-refractivity contribution in [3.63, 3.8) is 0 Å². The van der Waals surface area contributed by atoms with Gasteiger partial charge >= 0.3 is 34.7 Å². The largest absolute Gasteiger partial charge is 0.432 e. The van der Waals surface area contributed by atoms with Crippen molar-refractivity contribution in [2.75, 3.05) is 83.2 Å². The molecule has 0 fully saturated rings. The zero-order valence-corrected chi connectivity index (χ0v) is 38.6. The van der Waals surface area contributed by atoms with Gasteiger partial charge in [0.05, 0.1) is 26.2 Å². The molecule has 0 saturated heterocycles. The van der Waals surface area contributed by atoms with Gasteiger partial charge in [0, 0.05) is 26.2 Å². The summed E-state index contributed by atoms with van der Waals surface area (Å²) in [6.07, 6.45) is 0. The van der Waals surface area contributed by atoms with Crippen LogP contribution in [0.15, 0.2) is 20.6 Å². The van der Waals surface area contributed by atoms with E-state index in [0.29, 0.717) is 40.8 Å². The third-order valence-corrected chi connectivity index (χ3v) is 11.1. The molecule has 20 nitrogen and oxygen atoms in total. The maximum atomic E-state index is 4.87. The first-order chi connectivity index (χ1) is 28.3. The Bertz CT molecular complexity index is 2180. The molecule has 0 bridgehead atoms. The number of nitrogens with one attached hydrogen (secondary N) is 5. The summed E-state index contributed by atoms with van der Waals surface area (Å²) in [5, 5.41) is 15.1. The Morgan fingerprint density at radius 3 is 1.62 bits per heavy atom. The molecular formula is C34H59N20S4+3. The van der Waals surface area contributed by atoms with Gasteiger partial charge < -0.3 is 16.0 Å². The Hall–Kier alpha value is -4.16. The highest BCUT2D eigenvalue weighted by Gasteiger charge is 2.31. The first-order valence-corrected chi connectivity index (χ1v) is 24.1. The fraction of sp³-hybridized carbons (Fsp3) is 0.647. The van der Waals surface area contributed by atoms with E-state index in [1.54, 1.807) is 47.0 Å². The van der Waals surface area contributed by atoms with E-state index in [-0.39, 0.29) is 0 Å². The molecule has 316 valence electrons. The zero-order chi connectivity index (χ0) is 41.6. The molecule has 1 aliphatic rings. The summed E-state index contributed by atoms with van der Waals surface area (Å²) in [4.78, 5) is 49.0. The van der Waals surface area contributed by atoms with Crippen molar-refractivity contribution in [1.29, 1.82) is 0 Å². The minimum absolute atomic E-state index is 0.577. The van der Waals surface area contributed by atoms with Crippen LogP contribution in [0.3, 0.4) is 0 Å². The van der Waals surface area contributed by atoms with E-state index in [2.05, 4.69) is 125 Å². The first kappa shape index (κ1) is 44.9.